The highest BCUT2D eigenvalue weighted by atomic mass is 35.5. The first-order chi connectivity index (χ1) is 13.0. The zero-order chi connectivity index (χ0) is 19.4. The first kappa shape index (κ1) is 18.7. The van der Waals surface area contributed by atoms with Crippen molar-refractivity contribution in [1.82, 2.24) is 14.9 Å². The number of rotatable bonds is 6. The molecule has 0 radical (unpaired) electrons. The summed E-state index contributed by atoms with van der Waals surface area (Å²) in [5.74, 6) is -0.0226. The minimum atomic E-state index is -0.357. The van der Waals surface area contributed by atoms with Crippen LogP contribution in [0.4, 0.5) is 0 Å². The average molecular weight is 384 g/mol. The molecule has 0 aliphatic heterocycles. The molecule has 3 rings (SSSR count). The number of nitrogens with one attached hydrogen (secondary N) is 1. The molecule has 0 bridgehead atoms. The Morgan fingerprint density at radius 1 is 1.15 bits per heavy atom. The standard InChI is InChI=1S/C20H18ClN3O3/c1-13-11-24(12-23-13)17-8-5-15(9-19(17)27-2)20(26)22-10-18(25)14-3-6-16(21)7-4-14/h3-9,11-12H,10H2,1-2H3,(H,22,26). The first-order valence-electron chi connectivity index (χ1n) is 8.24. The quantitative estimate of drug-likeness (QED) is 0.661. The first-order valence-corrected chi connectivity index (χ1v) is 8.61. The van der Waals surface area contributed by atoms with Gasteiger partial charge in [-0.05, 0) is 49.4 Å². The van der Waals surface area contributed by atoms with Crippen LogP contribution in [0.3, 0.4) is 0 Å². The van der Waals surface area contributed by atoms with E-state index in [4.69, 9.17) is 16.3 Å². The minimum absolute atomic E-state index is 0.106. The SMILES string of the molecule is COc1cc(C(=O)NCC(=O)c2ccc(Cl)cc2)ccc1-n1cnc(C)c1. The number of methoxy groups -OCH3 is 1. The minimum Gasteiger partial charge on any atom is -0.495 e. The molecule has 7 heteroatoms. The van der Waals surface area contributed by atoms with Gasteiger partial charge in [-0.15, -0.1) is 0 Å². The van der Waals surface area contributed by atoms with Crippen LogP contribution in [0, 0.1) is 6.92 Å². The van der Waals surface area contributed by atoms with Crippen LogP contribution in [0.25, 0.3) is 5.69 Å². The van der Waals surface area contributed by atoms with Crippen molar-refractivity contribution < 1.29 is 14.3 Å². The smallest absolute Gasteiger partial charge is 0.251 e. The summed E-state index contributed by atoms with van der Waals surface area (Å²) >= 11 is 5.81. The molecule has 0 saturated heterocycles. The second-order valence-corrected chi connectivity index (χ2v) is 6.36. The van der Waals surface area contributed by atoms with Crippen LogP contribution in [0.1, 0.15) is 26.4 Å². The van der Waals surface area contributed by atoms with Crippen molar-refractivity contribution in [2.24, 2.45) is 0 Å². The number of Topliss-reactive ketones (excluding diaryl/α,β-unsaturated/α-hetero) is 1. The lowest BCUT2D eigenvalue weighted by atomic mass is 10.1. The molecule has 1 heterocycles. The maximum Gasteiger partial charge on any atom is 0.251 e. The molecule has 27 heavy (non-hydrogen) atoms. The van der Waals surface area contributed by atoms with E-state index < -0.39 is 0 Å². The molecule has 2 aromatic carbocycles. The van der Waals surface area contributed by atoms with Crippen LogP contribution in [-0.4, -0.2) is 34.9 Å². The van der Waals surface area contributed by atoms with Crippen LogP contribution in [0.5, 0.6) is 5.75 Å². The van der Waals surface area contributed by atoms with Crippen molar-refractivity contribution in [2.45, 2.75) is 6.92 Å². The van der Waals surface area contributed by atoms with Crippen molar-refractivity contribution in [3.8, 4) is 11.4 Å². The second kappa shape index (κ2) is 8.05. The summed E-state index contributed by atoms with van der Waals surface area (Å²) in [6.07, 6.45) is 3.54. The fourth-order valence-corrected chi connectivity index (χ4v) is 2.71. The van der Waals surface area contributed by atoms with Crippen LogP contribution >= 0.6 is 11.6 Å². The van der Waals surface area contributed by atoms with Gasteiger partial charge in [-0.25, -0.2) is 4.98 Å². The number of aromatic nitrogens is 2. The molecular formula is C20H18ClN3O3. The Balaban J connectivity index is 1.71. The van der Waals surface area contributed by atoms with E-state index in [2.05, 4.69) is 10.3 Å². The number of nitrogens with zero attached hydrogens (tertiary/aromatic N) is 2. The summed E-state index contributed by atoms with van der Waals surface area (Å²) in [7, 11) is 1.54. The monoisotopic (exact) mass is 383 g/mol. The van der Waals surface area contributed by atoms with E-state index in [0.29, 0.717) is 21.9 Å². The Labute approximate surface area is 161 Å². The van der Waals surface area contributed by atoms with Gasteiger partial charge in [0.2, 0.25) is 0 Å². The van der Waals surface area contributed by atoms with Gasteiger partial charge in [0.25, 0.3) is 5.91 Å². The summed E-state index contributed by atoms with van der Waals surface area (Å²) in [5.41, 5.74) is 2.53. The Bertz CT molecular complexity index is 980. The van der Waals surface area contributed by atoms with E-state index >= 15 is 0 Å². The lowest BCUT2D eigenvalue weighted by Crippen LogP contribution is -2.29. The molecule has 0 atom stereocenters. The average Bonchev–Trinajstić information content (AvgIpc) is 3.12. The van der Waals surface area contributed by atoms with E-state index in [1.54, 1.807) is 48.8 Å². The van der Waals surface area contributed by atoms with Crippen molar-refractivity contribution in [1.29, 1.82) is 0 Å². The molecule has 3 aromatic rings. The third-order valence-electron chi connectivity index (χ3n) is 4.01. The number of amides is 1. The predicted molar refractivity (Wildman–Crippen MR) is 103 cm³/mol. The van der Waals surface area contributed by atoms with E-state index in [1.807, 2.05) is 17.7 Å². The summed E-state index contributed by atoms with van der Waals surface area (Å²) in [6, 6.07) is 11.6. The van der Waals surface area contributed by atoms with E-state index in [9.17, 15) is 9.59 Å². The lowest BCUT2D eigenvalue weighted by Gasteiger charge is -2.11. The van der Waals surface area contributed by atoms with Crippen LogP contribution in [-0.2, 0) is 0 Å². The Hall–Kier alpha value is -3.12. The summed E-state index contributed by atoms with van der Waals surface area (Å²) in [6.45, 7) is 1.79. The second-order valence-electron chi connectivity index (χ2n) is 5.92. The van der Waals surface area contributed by atoms with Crippen molar-refractivity contribution >= 4 is 23.3 Å². The van der Waals surface area contributed by atoms with Crippen molar-refractivity contribution in [3.05, 3.63) is 76.8 Å². The van der Waals surface area contributed by atoms with E-state index in [0.717, 1.165) is 11.4 Å². The van der Waals surface area contributed by atoms with Gasteiger partial charge < -0.3 is 14.6 Å². The molecule has 138 valence electrons. The number of hydrogen-bond acceptors (Lipinski definition) is 4. The summed E-state index contributed by atoms with van der Waals surface area (Å²) < 4.78 is 7.22. The topological polar surface area (TPSA) is 73.2 Å². The molecule has 0 fully saturated rings. The molecule has 6 nitrogen and oxygen atoms in total. The highest BCUT2D eigenvalue weighted by Gasteiger charge is 2.13. The number of aryl methyl sites for hydroxylation is 1. The molecule has 0 unspecified atom stereocenters. The Morgan fingerprint density at radius 3 is 2.48 bits per heavy atom. The number of imidazole rings is 1. The molecule has 1 aromatic heterocycles. The Kier molecular flexibility index (Phi) is 5.57. The number of hydrogen-bond donors (Lipinski definition) is 1. The van der Waals surface area contributed by atoms with Crippen LogP contribution < -0.4 is 10.1 Å². The fraction of sp³-hybridized carbons (Fsp3) is 0.150. The third kappa shape index (κ3) is 4.35. The number of benzene rings is 2. The highest BCUT2D eigenvalue weighted by Crippen LogP contribution is 2.24. The summed E-state index contributed by atoms with van der Waals surface area (Å²) in [5, 5.41) is 3.18. The largest absolute Gasteiger partial charge is 0.495 e. The number of carbonyl (C=O) groups excluding carboxylic acids is 2. The maximum atomic E-state index is 12.4. The number of ketones is 1. The molecular weight excluding hydrogens is 366 g/mol. The van der Waals surface area contributed by atoms with E-state index in [-0.39, 0.29) is 18.2 Å². The highest BCUT2D eigenvalue weighted by molar-refractivity contribution is 6.30. The zero-order valence-electron chi connectivity index (χ0n) is 14.9. The number of ether oxygens (including phenoxy) is 1. The number of halogens is 1. The molecule has 0 saturated carbocycles. The molecule has 1 N–H and O–H groups in total. The van der Waals surface area contributed by atoms with Gasteiger partial charge in [-0.1, -0.05) is 11.6 Å². The van der Waals surface area contributed by atoms with Crippen molar-refractivity contribution in [3.63, 3.8) is 0 Å². The van der Waals surface area contributed by atoms with Gasteiger partial charge >= 0.3 is 0 Å². The molecule has 1 amide bonds. The Morgan fingerprint density at radius 2 is 1.85 bits per heavy atom. The van der Waals surface area contributed by atoms with Gasteiger partial charge in [-0.3, -0.25) is 9.59 Å². The summed E-state index contributed by atoms with van der Waals surface area (Å²) in [4.78, 5) is 28.8. The van der Waals surface area contributed by atoms with Crippen molar-refractivity contribution in [2.75, 3.05) is 13.7 Å². The third-order valence-corrected chi connectivity index (χ3v) is 4.26. The van der Waals surface area contributed by atoms with E-state index in [1.165, 1.54) is 7.11 Å². The lowest BCUT2D eigenvalue weighted by molar-refractivity contribution is 0.0904. The van der Waals surface area contributed by atoms with Crippen LogP contribution in [0.15, 0.2) is 55.0 Å². The normalized spacial score (nSPS) is 10.5. The molecule has 0 aliphatic rings. The zero-order valence-corrected chi connectivity index (χ0v) is 15.7. The fourth-order valence-electron chi connectivity index (χ4n) is 2.59. The van der Waals surface area contributed by atoms with Gasteiger partial charge in [0.15, 0.2) is 5.78 Å². The van der Waals surface area contributed by atoms with Gasteiger partial charge in [-0.2, -0.15) is 0 Å². The van der Waals surface area contributed by atoms with Crippen LogP contribution in [0.2, 0.25) is 5.02 Å². The van der Waals surface area contributed by atoms with Gasteiger partial charge in [0.05, 0.1) is 31.4 Å². The maximum absolute atomic E-state index is 12.4. The predicted octanol–water partition coefficient (Wildman–Crippen LogP) is 3.46. The molecule has 0 aliphatic carbocycles. The van der Waals surface area contributed by atoms with Gasteiger partial charge in [0.1, 0.15) is 5.75 Å². The number of carbonyl (C=O) groups is 2. The molecule has 0 spiro atoms. The van der Waals surface area contributed by atoms with Gasteiger partial charge in [0, 0.05) is 22.3 Å².